The van der Waals surface area contributed by atoms with Crippen LogP contribution in [0.15, 0.2) is 179 Å². The topological polar surface area (TPSA) is 591 Å². The molecule has 0 aromatic heterocycles. The van der Waals surface area contributed by atoms with Crippen LogP contribution in [-0.2, 0) is 132 Å². The van der Waals surface area contributed by atoms with Crippen molar-refractivity contribution in [2.24, 2.45) is 15.9 Å². The molecule has 0 aliphatic heterocycles. The summed E-state index contributed by atoms with van der Waals surface area (Å²) in [6.07, 6.45) is 4.87. The van der Waals surface area contributed by atoms with Gasteiger partial charge in [-0.1, -0.05) is 190 Å². The SMILES string of the molecule is CCC(C)(C)c1ccc(S(=O)(=O)NCC(=O)NO)cc1.CCC(C)(C)c1ccc(S(=O)(=O)N[C@@H](CN)C(=O)NO)cc1.CCC(C)(C)c1ccc(S(=O)(=O)N[C@@H](CS)C(=O)NO[C@H](C)[C@H](NS(=O)(=O)c2ccc(C(C)(C)CC)cc2)C(=O)NOC[C@](N)(C(=O)NO)S(=O)(=O)c2ccc(C(C)(C)CC)cc2)cc1.CCCc1ccc(S(=O)(=O)N=CC(=O)NO)cc1. The molecule has 0 fully saturated rings. The van der Waals surface area contributed by atoms with Crippen molar-refractivity contribution in [3.8, 4) is 0 Å². The van der Waals surface area contributed by atoms with Crippen LogP contribution in [0, 0.1) is 0 Å². The van der Waals surface area contributed by atoms with Crippen molar-refractivity contribution in [1.29, 1.82) is 0 Å². The van der Waals surface area contributed by atoms with Gasteiger partial charge in [0, 0.05) is 12.3 Å². The van der Waals surface area contributed by atoms with Gasteiger partial charge < -0.3 is 11.5 Å². The monoisotopic (exact) mass is 1880 g/mol. The first-order valence-corrected chi connectivity index (χ1v) is 48.8. The van der Waals surface area contributed by atoms with E-state index in [1.54, 1.807) is 72.8 Å². The van der Waals surface area contributed by atoms with E-state index < -0.39 is 143 Å². The molecule has 0 unspecified atom stereocenters. The first-order valence-electron chi connectivity index (χ1n) is 39.4. The highest BCUT2D eigenvalue weighted by atomic mass is 32.2. The van der Waals surface area contributed by atoms with Crippen molar-refractivity contribution < 1.29 is 110 Å². The van der Waals surface area contributed by atoms with Crippen LogP contribution in [0.25, 0.3) is 0 Å². The van der Waals surface area contributed by atoms with E-state index in [2.05, 4.69) is 77.5 Å². The third kappa shape index (κ3) is 31.4. The summed E-state index contributed by atoms with van der Waals surface area (Å²) in [4.78, 5) is 79.7. The Labute approximate surface area is 739 Å². The second-order valence-corrected chi connectivity index (χ2v) is 43.1. The molecule has 0 bridgehead atoms. The normalized spacial score (nSPS) is 14.0. The van der Waals surface area contributed by atoms with Crippen LogP contribution in [0.3, 0.4) is 0 Å². The Kier molecular flexibility index (Phi) is 42.0. The number of thiol groups is 1. The van der Waals surface area contributed by atoms with Crippen molar-refractivity contribution >= 4 is 114 Å². The fraction of sp³-hybridized carbons (Fsp3) is 0.469. The van der Waals surface area contributed by atoms with E-state index >= 15 is 0 Å². The third-order valence-corrected chi connectivity index (χ3v) is 31.1. The molecule has 44 heteroatoms. The standard InChI is InChI=1S/C43H64N6O12S4.C14H23N3O4S.C13H20N2O4S.C11H14N2O4S/c1-11-40(5,6)29-14-20-32(21-15-29)63(54,55)43(44,39(52)45-53)27-60-46-38(51)36(49-65(58,59)34-24-18-31(19-25-34)42(9,10)13-3)28(4)61-47-37(50)35(26-62)48-64(56,57)33-22-16-30(17-23-33)41(7,8)12-2;1-4-14(2,3)10-5-7-11(8-6-10)22(20,21)17-12(9-15)13(18)16-19;1-4-13(2,3)10-5-7-11(8-6-10)20(18,19)14-9-12(16)15-17;1-2-3-9-4-6-10(7-5-9)18(16,17)12-8-11(14)13-15/h14-25,28,35-36,48-49,53,62H,11-13,26-27,44H2,1-10H3,(H,45,52)(H,46,51)(H,47,50);5-8,12,17,19H,4,9,15H2,1-3H3,(H,16,18);5-8,14,17H,4,9H2,1-3H3,(H,15,16);4-8,15H,2-3H2,1H3,(H,13,14)/t28-,35+,36+,43-;12-;;/m10../s1. The number of rotatable bonds is 42. The lowest BCUT2D eigenvalue weighted by Gasteiger charge is -2.28. The Morgan fingerprint density at radius 1 is 0.448 bits per heavy atom. The Morgan fingerprint density at radius 2 is 0.800 bits per heavy atom. The summed E-state index contributed by atoms with van der Waals surface area (Å²) in [6, 6.07) is 32.2. The van der Waals surface area contributed by atoms with E-state index in [4.69, 9.17) is 36.8 Å². The number of benzene rings is 6. The van der Waals surface area contributed by atoms with Gasteiger partial charge in [-0.2, -0.15) is 39.6 Å². The molecular formula is C81H121N13O24S7. The molecule has 0 aliphatic carbocycles. The maximum Gasteiger partial charge on any atom is 0.286 e. The van der Waals surface area contributed by atoms with Gasteiger partial charge in [0.15, 0.2) is 0 Å². The van der Waals surface area contributed by atoms with E-state index in [0.29, 0.717) is 6.21 Å². The number of sulfonamides is 5. The molecule has 37 nitrogen and oxygen atoms in total. The maximum atomic E-state index is 13.8. The number of carbonyl (C=O) groups is 6. The van der Waals surface area contributed by atoms with Crippen LogP contribution in [0.5, 0.6) is 0 Å². The highest BCUT2D eigenvalue weighted by Crippen LogP contribution is 2.34. The predicted molar refractivity (Wildman–Crippen MR) is 472 cm³/mol. The number of nitrogens with zero attached hydrogens (tertiary/aromatic N) is 1. The lowest BCUT2D eigenvalue weighted by molar-refractivity contribution is -0.150. The molecule has 0 saturated heterocycles. The summed E-state index contributed by atoms with van der Waals surface area (Å²) >= 11 is 4.12. The van der Waals surface area contributed by atoms with E-state index in [1.165, 1.54) is 102 Å². The first kappa shape index (κ1) is 111. The number of hydroxylamine groups is 6. The number of hydrogen-bond donors (Lipinski definition) is 17. The van der Waals surface area contributed by atoms with Crippen LogP contribution >= 0.6 is 12.6 Å². The number of aryl methyl sites for hydroxylation is 1. The Hall–Kier alpha value is -8.62. The van der Waals surface area contributed by atoms with Crippen LogP contribution in [0.1, 0.15) is 190 Å². The van der Waals surface area contributed by atoms with Gasteiger partial charge >= 0.3 is 0 Å². The summed E-state index contributed by atoms with van der Waals surface area (Å²) in [7, 11) is -25.3. The summed E-state index contributed by atoms with van der Waals surface area (Å²) in [5, 5.41) is 34.6. The number of hydrogen-bond acceptors (Lipinski definition) is 27. The number of nitrogens with one attached hydrogen (secondary N) is 10. The van der Waals surface area contributed by atoms with Gasteiger partial charge in [0.05, 0.1) is 35.9 Å². The number of sulfone groups is 1. The van der Waals surface area contributed by atoms with Gasteiger partial charge in [0.1, 0.15) is 37.1 Å². The largest absolute Gasteiger partial charge is 0.328 e. The van der Waals surface area contributed by atoms with Crippen LogP contribution in [0.2, 0.25) is 0 Å². The molecule has 0 saturated carbocycles. The summed E-state index contributed by atoms with van der Waals surface area (Å²) in [5.41, 5.74) is 25.3. The van der Waals surface area contributed by atoms with Crippen molar-refractivity contribution in [3.63, 3.8) is 0 Å². The van der Waals surface area contributed by atoms with E-state index in [0.717, 1.165) is 78.3 Å². The third-order valence-electron chi connectivity index (χ3n) is 21.4. The Balaban J connectivity index is 0.000000536. The smallest absolute Gasteiger partial charge is 0.286 e. The lowest BCUT2D eigenvalue weighted by atomic mass is 9.82. The minimum atomic E-state index is -4.87. The van der Waals surface area contributed by atoms with Gasteiger partial charge in [0.25, 0.3) is 45.5 Å². The van der Waals surface area contributed by atoms with Gasteiger partial charge in [-0.3, -0.25) is 59.3 Å². The minimum absolute atomic E-state index is 0.00402. The first-order chi connectivity index (χ1) is 57.9. The molecule has 0 heterocycles. The maximum absolute atomic E-state index is 13.8. The van der Waals surface area contributed by atoms with Crippen LogP contribution in [0.4, 0.5) is 0 Å². The van der Waals surface area contributed by atoms with Crippen LogP contribution in [-0.4, -0.2) is 168 Å². The zero-order chi connectivity index (χ0) is 95.3. The average Bonchev–Trinajstić information content (AvgIpc) is 0.891. The van der Waals surface area contributed by atoms with Crippen molar-refractivity contribution in [2.45, 2.75) is 248 Å². The van der Waals surface area contributed by atoms with Crippen LogP contribution < -0.4 is 63.2 Å². The summed E-state index contributed by atoms with van der Waals surface area (Å²) in [6.45, 7) is 31.4. The number of carbonyl (C=O) groups excluding carboxylic acids is 6. The number of nitrogens with two attached hydrogens (primary N) is 2. The molecule has 6 aromatic carbocycles. The van der Waals surface area contributed by atoms with Gasteiger partial charge in [0.2, 0.25) is 54.8 Å². The second kappa shape index (κ2) is 47.4. The molecule has 0 aliphatic rings. The summed E-state index contributed by atoms with van der Waals surface area (Å²) < 4.78 is 165. The van der Waals surface area contributed by atoms with Crippen molar-refractivity contribution in [2.75, 3.05) is 25.4 Å². The predicted octanol–water partition coefficient (Wildman–Crippen LogP) is 6.34. The van der Waals surface area contributed by atoms with E-state index in [-0.39, 0.29) is 63.8 Å². The molecule has 6 amide bonds. The quantitative estimate of drug-likeness (QED) is 0.00860. The van der Waals surface area contributed by atoms with Crippen molar-refractivity contribution in [3.05, 3.63) is 179 Å². The lowest BCUT2D eigenvalue weighted by Crippen LogP contribution is -2.63. The second-order valence-electron chi connectivity index (χ2n) is 32.0. The molecule has 0 radical (unpaired) electrons. The Bertz CT molecular complexity index is 5350. The molecule has 6 aromatic rings. The molecular weight excluding hydrogens is 1760 g/mol. The molecule has 0 spiro atoms. The van der Waals surface area contributed by atoms with E-state index in [1.807, 2.05) is 80.2 Å². The molecule has 5 atom stereocenters. The average molecular weight is 1890 g/mol. The van der Waals surface area contributed by atoms with E-state index in [9.17, 15) is 84.5 Å². The van der Waals surface area contributed by atoms with Gasteiger partial charge in [-0.15, -0.1) is 0 Å². The van der Waals surface area contributed by atoms with Gasteiger partial charge in [-0.25, -0.2) is 79.7 Å². The number of amides is 6. The van der Waals surface area contributed by atoms with Crippen molar-refractivity contribution in [1.82, 2.24) is 51.8 Å². The molecule has 125 heavy (non-hydrogen) atoms. The zero-order valence-corrected chi connectivity index (χ0v) is 78.8. The fourth-order valence-electron chi connectivity index (χ4n) is 10.8. The summed E-state index contributed by atoms with van der Waals surface area (Å²) in [5.74, 6) is -7.09. The Morgan fingerprint density at radius 3 is 1.13 bits per heavy atom. The van der Waals surface area contributed by atoms with Gasteiger partial charge in [-0.05, 0) is 179 Å². The fourth-order valence-corrected chi connectivity index (χ4v) is 18.0. The zero-order valence-electron chi connectivity index (χ0n) is 73.0. The molecule has 18 N–H and O–H groups in total. The highest BCUT2D eigenvalue weighted by Gasteiger charge is 2.50. The molecule has 696 valence electrons. The highest BCUT2D eigenvalue weighted by molar-refractivity contribution is 7.93. The molecule has 6 rings (SSSR count). The minimum Gasteiger partial charge on any atom is -0.328 e.